The normalized spacial score (nSPS) is 16.1. The Bertz CT molecular complexity index is 705. The third kappa shape index (κ3) is 1.80. The number of hydrogen-bond acceptors (Lipinski definition) is 3. The highest BCUT2D eigenvalue weighted by Gasteiger charge is 2.34. The fourth-order valence-corrected chi connectivity index (χ4v) is 2.60. The van der Waals surface area contributed by atoms with Crippen molar-refractivity contribution in [2.24, 2.45) is 5.73 Å². The Morgan fingerprint density at radius 2 is 2.20 bits per heavy atom. The zero-order valence-electron chi connectivity index (χ0n) is 11.2. The fourth-order valence-electron chi connectivity index (χ4n) is 2.60. The second-order valence-electron chi connectivity index (χ2n) is 5.46. The maximum Gasteiger partial charge on any atom is 0.249 e. The minimum atomic E-state index is -0.595. The van der Waals surface area contributed by atoms with Gasteiger partial charge in [0.05, 0.1) is 16.9 Å². The summed E-state index contributed by atoms with van der Waals surface area (Å²) >= 11 is 0. The molecular weight excluding hydrogens is 259 g/mol. The van der Waals surface area contributed by atoms with Crippen LogP contribution in [0.2, 0.25) is 0 Å². The molecule has 6 heteroatoms. The van der Waals surface area contributed by atoms with Crippen LogP contribution in [0, 0.1) is 5.82 Å². The number of carbonyl (C=O) groups is 1. The van der Waals surface area contributed by atoms with Crippen LogP contribution in [0.1, 0.15) is 35.5 Å². The molecule has 0 bridgehead atoms. The van der Waals surface area contributed by atoms with Crippen LogP contribution in [0.4, 0.5) is 4.39 Å². The lowest BCUT2D eigenvalue weighted by Crippen LogP contribution is -2.29. The first kappa shape index (κ1) is 12.8. The smallest absolute Gasteiger partial charge is 0.249 e. The van der Waals surface area contributed by atoms with Gasteiger partial charge in [0.2, 0.25) is 5.91 Å². The third-order valence-corrected chi connectivity index (χ3v) is 3.70. The zero-order chi connectivity index (χ0) is 14.5. The molecule has 20 heavy (non-hydrogen) atoms. The van der Waals surface area contributed by atoms with Crippen LogP contribution in [-0.4, -0.2) is 16.1 Å². The predicted molar refractivity (Wildman–Crippen MR) is 72.4 cm³/mol. The number of nitrogens with two attached hydrogens (primary N) is 1. The van der Waals surface area contributed by atoms with Crippen LogP contribution in [0.25, 0.3) is 11.3 Å². The molecule has 1 aliphatic rings. The third-order valence-electron chi connectivity index (χ3n) is 3.70. The number of amides is 1. The average molecular weight is 274 g/mol. The average Bonchev–Trinajstić information content (AvgIpc) is 2.91. The Hall–Kier alpha value is -2.21. The second kappa shape index (κ2) is 4.14. The van der Waals surface area contributed by atoms with Crippen molar-refractivity contribution in [3.8, 4) is 11.3 Å². The number of benzene rings is 1. The Morgan fingerprint density at radius 1 is 1.45 bits per heavy atom. The van der Waals surface area contributed by atoms with E-state index < -0.39 is 11.7 Å². The quantitative estimate of drug-likeness (QED) is 0.778. The van der Waals surface area contributed by atoms with Crippen LogP contribution in [0.3, 0.4) is 0 Å². The van der Waals surface area contributed by atoms with Crippen molar-refractivity contribution in [3.05, 3.63) is 40.8 Å². The number of nitrogens with zero attached hydrogens (tertiary/aromatic N) is 1. The molecule has 0 atom stereocenters. The molecule has 1 aromatic heterocycles. The maximum absolute atomic E-state index is 13.5. The van der Waals surface area contributed by atoms with Gasteiger partial charge in [-0.2, -0.15) is 5.10 Å². The monoisotopic (exact) mass is 274 g/mol. The summed E-state index contributed by atoms with van der Waals surface area (Å²) in [5.41, 5.74) is 8.30. The van der Waals surface area contributed by atoms with E-state index in [2.05, 4.69) is 15.5 Å². The number of aromatic nitrogens is 2. The summed E-state index contributed by atoms with van der Waals surface area (Å²) in [6.07, 6.45) is 0. The lowest BCUT2D eigenvalue weighted by atomic mass is 9.97. The summed E-state index contributed by atoms with van der Waals surface area (Å²) in [6, 6.07) is 3.90. The molecule has 0 saturated heterocycles. The van der Waals surface area contributed by atoms with Crippen LogP contribution in [0.15, 0.2) is 18.2 Å². The highest BCUT2D eigenvalue weighted by molar-refractivity contribution is 5.99. The molecule has 1 aliphatic heterocycles. The molecule has 0 aliphatic carbocycles. The van der Waals surface area contributed by atoms with Gasteiger partial charge in [0.25, 0.3) is 0 Å². The van der Waals surface area contributed by atoms with Crippen molar-refractivity contribution in [1.29, 1.82) is 0 Å². The van der Waals surface area contributed by atoms with Crippen molar-refractivity contribution < 1.29 is 9.18 Å². The molecule has 104 valence electrons. The van der Waals surface area contributed by atoms with Gasteiger partial charge in [-0.1, -0.05) is 0 Å². The molecule has 0 spiro atoms. The van der Waals surface area contributed by atoms with Gasteiger partial charge in [0, 0.05) is 23.2 Å². The SMILES string of the molecule is CC1(C)NCc2c(-c3cc(F)ccc3C(N)=O)n[nH]c21. The summed E-state index contributed by atoms with van der Waals surface area (Å²) < 4.78 is 13.5. The Morgan fingerprint density at radius 3 is 2.90 bits per heavy atom. The second-order valence-corrected chi connectivity index (χ2v) is 5.46. The number of carbonyl (C=O) groups excluding carboxylic acids is 1. The van der Waals surface area contributed by atoms with Gasteiger partial charge < -0.3 is 11.1 Å². The maximum atomic E-state index is 13.5. The molecule has 1 aromatic carbocycles. The summed E-state index contributed by atoms with van der Waals surface area (Å²) in [7, 11) is 0. The molecule has 5 nitrogen and oxygen atoms in total. The van der Waals surface area contributed by atoms with E-state index >= 15 is 0 Å². The number of rotatable bonds is 2. The lowest BCUT2D eigenvalue weighted by molar-refractivity contribution is 0.100. The van der Waals surface area contributed by atoms with Crippen molar-refractivity contribution >= 4 is 5.91 Å². The van der Waals surface area contributed by atoms with E-state index in [0.717, 1.165) is 11.3 Å². The van der Waals surface area contributed by atoms with Crippen LogP contribution in [0.5, 0.6) is 0 Å². The van der Waals surface area contributed by atoms with Gasteiger partial charge in [-0.3, -0.25) is 9.89 Å². The zero-order valence-corrected chi connectivity index (χ0v) is 11.2. The van der Waals surface area contributed by atoms with Gasteiger partial charge >= 0.3 is 0 Å². The summed E-state index contributed by atoms with van der Waals surface area (Å²) in [5.74, 6) is -1.02. The minimum Gasteiger partial charge on any atom is -0.366 e. The van der Waals surface area contributed by atoms with Crippen molar-refractivity contribution in [2.45, 2.75) is 25.9 Å². The van der Waals surface area contributed by atoms with Gasteiger partial charge in [0.15, 0.2) is 0 Å². The molecule has 0 saturated carbocycles. The van der Waals surface area contributed by atoms with Crippen LogP contribution in [-0.2, 0) is 12.1 Å². The van der Waals surface area contributed by atoms with E-state index in [1.54, 1.807) is 0 Å². The predicted octanol–water partition coefficient (Wildman–Crippen LogP) is 1.65. The first-order valence-corrected chi connectivity index (χ1v) is 6.32. The van der Waals surface area contributed by atoms with E-state index in [0.29, 0.717) is 17.8 Å². The van der Waals surface area contributed by atoms with Gasteiger partial charge in [-0.05, 0) is 32.0 Å². The number of halogens is 1. The molecule has 0 radical (unpaired) electrons. The molecule has 2 aromatic rings. The van der Waals surface area contributed by atoms with Gasteiger partial charge in [0.1, 0.15) is 5.82 Å². The molecule has 2 heterocycles. The largest absolute Gasteiger partial charge is 0.366 e. The first-order chi connectivity index (χ1) is 9.40. The Labute approximate surface area is 115 Å². The molecule has 1 amide bonds. The fraction of sp³-hybridized carbons (Fsp3) is 0.286. The minimum absolute atomic E-state index is 0.221. The molecule has 3 rings (SSSR count). The lowest BCUT2D eigenvalue weighted by Gasteiger charge is -2.17. The summed E-state index contributed by atoms with van der Waals surface area (Å²) in [6.45, 7) is 4.67. The Balaban J connectivity index is 2.21. The van der Waals surface area contributed by atoms with Crippen LogP contribution >= 0.6 is 0 Å². The van der Waals surface area contributed by atoms with Gasteiger partial charge in [-0.25, -0.2) is 4.39 Å². The number of nitrogens with one attached hydrogen (secondary N) is 2. The van der Waals surface area contributed by atoms with E-state index in [-0.39, 0.29) is 11.1 Å². The molecule has 0 fully saturated rings. The van der Waals surface area contributed by atoms with E-state index in [4.69, 9.17) is 5.73 Å². The van der Waals surface area contributed by atoms with E-state index in [1.165, 1.54) is 18.2 Å². The van der Waals surface area contributed by atoms with Crippen molar-refractivity contribution in [3.63, 3.8) is 0 Å². The number of H-pyrrole nitrogens is 1. The van der Waals surface area contributed by atoms with E-state index in [1.807, 2.05) is 13.8 Å². The molecule has 0 unspecified atom stereocenters. The Kier molecular flexibility index (Phi) is 2.65. The highest BCUT2D eigenvalue weighted by Crippen LogP contribution is 2.36. The van der Waals surface area contributed by atoms with Crippen molar-refractivity contribution in [1.82, 2.24) is 15.5 Å². The first-order valence-electron chi connectivity index (χ1n) is 6.32. The van der Waals surface area contributed by atoms with Gasteiger partial charge in [-0.15, -0.1) is 0 Å². The summed E-state index contributed by atoms with van der Waals surface area (Å²) in [5, 5.41) is 10.6. The number of primary amides is 1. The summed E-state index contributed by atoms with van der Waals surface area (Å²) in [4.78, 5) is 11.5. The van der Waals surface area contributed by atoms with Crippen molar-refractivity contribution in [2.75, 3.05) is 0 Å². The number of aromatic amines is 1. The van der Waals surface area contributed by atoms with E-state index in [9.17, 15) is 9.18 Å². The topological polar surface area (TPSA) is 83.8 Å². The number of fused-ring (bicyclic) bond motifs is 1. The molecular formula is C14H15FN4O. The standard InChI is InChI=1S/C14H15FN4O/c1-14(2)12-10(6-17-14)11(18-19-12)9-5-7(15)3-4-8(9)13(16)20/h3-5,17H,6H2,1-2H3,(H2,16,20)(H,18,19). The van der Waals surface area contributed by atoms with Crippen LogP contribution < -0.4 is 11.1 Å². The highest BCUT2D eigenvalue weighted by atomic mass is 19.1. The number of hydrogen-bond donors (Lipinski definition) is 3. The molecule has 4 N–H and O–H groups in total.